The quantitative estimate of drug-likeness (QED) is 0.301. The number of aliphatic hydroxyl groups is 1. The van der Waals surface area contributed by atoms with Gasteiger partial charge < -0.3 is 10.4 Å². The third-order valence-corrected chi connectivity index (χ3v) is 11.6. The van der Waals surface area contributed by atoms with E-state index in [4.69, 9.17) is 4.55 Å². The smallest absolute Gasteiger partial charge is 0.266 e. The summed E-state index contributed by atoms with van der Waals surface area (Å²) in [5.74, 6) is 3.63. The van der Waals surface area contributed by atoms with Crippen LogP contribution in [0.3, 0.4) is 0 Å². The van der Waals surface area contributed by atoms with Crippen LogP contribution in [-0.2, 0) is 10.1 Å². The highest BCUT2D eigenvalue weighted by Crippen LogP contribution is 2.67. The fraction of sp³-hybridized carbons (Fsp3) is 0.929. The van der Waals surface area contributed by atoms with Crippen LogP contribution >= 0.6 is 0 Å². The van der Waals surface area contributed by atoms with E-state index in [-0.39, 0.29) is 11.2 Å². The van der Waals surface area contributed by atoms with Crippen molar-refractivity contribution in [1.29, 1.82) is 0 Å². The van der Waals surface area contributed by atoms with Crippen molar-refractivity contribution in [3.63, 3.8) is 0 Å². The molecular formula is C28H49NO4S. The Bertz CT molecular complexity index is 877. The van der Waals surface area contributed by atoms with Crippen molar-refractivity contribution < 1.29 is 18.1 Å². The second kappa shape index (κ2) is 9.46. The number of fused-ring (bicyclic) bond motifs is 5. The third-order valence-electron chi connectivity index (χ3n) is 10.9. The minimum Gasteiger partial charge on any atom is -0.390 e. The molecule has 6 heteroatoms. The van der Waals surface area contributed by atoms with Crippen LogP contribution in [-0.4, -0.2) is 42.0 Å². The third kappa shape index (κ3) is 5.31. The second-order valence-corrected chi connectivity index (χ2v) is 15.1. The molecule has 4 rings (SSSR count). The van der Waals surface area contributed by atoms with Crippen LogP contribution in [0.15, 0.2) is 11.6 Å². The van der Waals surface area contributed by atoms with Crippen LogP contribution in [0.2, 0.25) is 0 Å². The molecule has 4 unspecified atom stereocenters. The van der Waals surface area contributed by atoms with E-state index < -0.39 is 15.7 Å². The molecule has 3 fully saturated rings. The molecular weight excluding hydrogens is 446 g/mol. The molecule has 0 aromatic heterocycles. The molecule has 4 aliphatic rings. The number of rotatable bonds is 8. The summed E-state index contributed by atoms with van der Waals surface area (Å²) in [5, 5.41) is 13.6. The average molecular weight is 496 g/mol. The van der Waals surface area contributed by atoms with Crippen LogP contribution in [0.4, 0.5) is 0 Å². The largest absolute Gasteiger partial charge is 0.390 e. The molecule has 0 heterocycles. The molecule has 4 aliphatic carbocycles. The van der Waals surface area contributed by atoms with Gasteiger partial charge in [-0.1, -0.05) is 32.4 Å². The Kier molecular flexibility index (Phi) is 7.41. The van der Waals surface area contributed by atoms with Crippen molar-refractivity contribution in [3.8, 4) is 0 Å². The van der Waals surface area contributed by atoms with Gasteiger partial charge in [0.1, 0.15) is 0 Å². The predicted molar refractivity (Wildman–Crippen MR) is 138 cm³/mol. The minimum absolute atomic E-state index is 0.208. The average Bonchev–Trinajstić information content (AvgIpc) is 3.08. The molecule has 0 spiro atoms. The fourth-order valence-electron chi connectivity index (χ4n) is 8.98. The van der Waals surface area contributed by atoms with Gasteiger partial charge in [-0.25, -0.2) is 0 Å². The zero-order chi connectivity index (χ0) is 24.9. The topological polar surface area (TPSA) is 86.6 Å². The molecule has 0 radical (unpaired) electrons. The van der Waals surface area contributed by atoms with Crippen molar-refractivity contribution in [1.82, 2.24) is 5.32 Å². The summed E-state index contributed by atoms with van der Waals surface area (Å²) in [4.78, 5) is 0. The fourth-order valence-corrected chi connectivity index (χ4v) is 9.36. The van der Waals surface area contributed by atoms with E-state index in [1.54, 1.807) is 5.57 Å². The Morgan fingerprint density at radius 3 is 2.56 bits per heavy atom. The Hall–Kier alpha value is -0.430. The highest BCUT2D eigenvalue weighted by atomic mass is 32.2. The van der Waals surface area contributed by atoms with E-state index in [9.17, 15) is 13.5 Å². The SMILES string of the molecule is CC(CCC(C)(C)O)[C@H]1CCC2C3CC=C4C[C@@H](NCCS(=O)(=O)O)CC[C@]4(C)C3CC[C@@]21C. The first-order valence-electron chi connectivity index (χ1n) is 13.8. The first-order valence-corrected chi connectivity index (χ1v) is 15.4. The van der Waals surface area contributed by atoms with E-state index in [1.165, 1.54) is 38.5 Å². The lowest BCUT2D eigenvalue weighted by Crippen LogP contribution is -2.52. The van der Waals surface area contributed by atoms with Gasteiger partial charge in [0.05, 0.1) is 11.4 Å². The first kappa shape index (κ1) is 26.6. The van der Waals surface area contributed by atoms with Gasteiger partial charge in [-0.05, 0) is 118 Å². The molecule has 196 valence electrons. The number of hydrogen-bond donors (Lipinski definition) is 3. The van der Waals surface area contributed by atoms with E-state index in [1.807, 2.05) is 13.8 Å². The molecule has 3 saturated carbocycles. The maximum Gasteiger partial charge on any atom is 0.266 e. The summed E-state index contributed by atoms with van der Waals surface area (Å²) in [6, 6.07) is 0.318. The Morgan fingerprint density at radius 1 is 1.15 bits per heavy atom. The van der Waals surface area contributed by atoms with Crippen molar-refractivity contribution in [2.24, 2.45) is 40.4 Å². The standard InChI is InChI=1S/C28H49NO4S/c1-19(10-13-26(2,3)30)23-8-9-24-22-7-6-20-18-21(29-16-17-34(31,32)33)11-14-27(20,4)25(22)12-15-28(23,24)5/h6,19,21-25,29-30H,7-18H2,1-5H3,(H,31,32,33)/t19?,21-,22?,23+,24?,25?,27-,28+/m0/s1. The Labute approximate surface area is 208 Å². The van der Waals surface area contributed by atoms with Gasteiger partial charge in [-0.3, -0.25) is 4.55 Å². The van der Waals surface area contributed by atoms with Gasteiger partial charge in [0.15, 0.2) is 0 Å². The summed E-state index contributed by atoms with van der Waals surface area (Å²) >= 11 is 0. The number of hydrogen-bond acceptors (Lipinski definition) is 4. The molecule has 34 heavy (non-hydrogen) atoms. The van der Waals surface area contributed by atoms with E-state index in [0.29, 0.717) is 23.9 Å². The highest BCUT2D eigenvalue weighted by molar-refractivity contribution is 7.85. The zero-order valence-electron chi connectivity index (χ0n) is 22.1. The lowest BCUT2D eigenvalue weighted by Gasteiger charge is -2.58. The van der Waals surface area contributed by atoms with E-state index in [0.717, 1.165) is 49.4 Å². The monoisotopic (exact) mass is 495 g/mol. The van der Waals surface area contributed by atoms with Crippen LogP contribution in [0.25, 0.3) is 0 Å². The van der Waals surface area contributed by atoms with Crippen LogP contribution in [0, 0.1) is 40.4 Å². The zero-order valence-corrected chi connectivity index (χ0v) is 23.0. The van der Waals surface area contributed by atoms with E-state index >= 15 is 0 Å². The molecule has 0 aromatic rings. The van der Waals surface area contributed by atoms with Crippen molar-refractivity contribution in [2.45, 2.75) is 110 Å². The molecule has 0 bridgehead atoms. The van der Waals surface area contributed by atoms with Crippen molar-refractivity contribution in [3.05, 3.63) is 11.6 Å². The normalized spacial score (nSPS) is 41.3. The van der Waals surface area contributed by atoms with E-state index in [2.05, 4.69) is 32.2 Å². The molecule has 0 aromatic carbocycles. The predicted octanol–water partition coefficient (Wildman–Crippen LogP) is 5.60. The summed E-state index contributed by atoms with van der Waals surface area (Å²) in [7, 11) is -3.90. The summed E-state index contributed by atoms with van der Waals surface area (Å²) in [6.45, 7) is 11.8. The molecule has 3 N–H and O–H groups in total. The number of allylic oxidation sites excluding steroid dienone is 1. The van der Waals surface area contributed by atoms with Gasteiger partial charge in [-0.2, -0.15) is 8.42 Å². The van der Waals surface area contributed by atoms with Gasteiger partial charge in [-0.15, -0.1) is 0 Å². The maximum atomic E-state index is 11.1. The van der Waals surface area contributed by atoms with Crippen molar-refractivity contribution in [2.75, 3.05) is 12.3 Å². The summed E-state index contributed by atoms with van der Waals surface area (Å²) in [5.41, 5.74) is 1.76. The Balaban J connectivity index is 1.43. The van der Waals surface area contributed by atoms with Crippen LogP contribution in [0.5, 0.6) is 0 Å². The first-order chi connectivity index (χ1) is 15.7. The van der Waals surface area contributed by atoms with Gasteiger partial charge in [0, 0.05) is 12.6 Å². The molecule has 5 nitrogen and oxygen atoms in total. The molecule has 0 saturated heterocycles. The summed E-state index contributed by atoms with van der Waals surface area (Å²) in [6.07, 6.45) is 14.5. The molecule has 0 aliphatic heterocycles. The lowest BCUT2D eigenvalue weighted by molar-refractivity contribution is -0.0529. The minimum atomic E-state index is -3.90. The second-order valence-electron chi connectivity index (χ2n) is 13.5. The van der Waals surface area contributed by atoms with Gasteiger partial charge in [0.2, 0.25) is 0 Å². The Morgan fingerprint density at radius 2 is 1.88 bits per heavy atom. The lowest BCUT2D eigenvalue weighted by atomic mass is 9.47. The number of nitrogens with one attached hydrogen (secondary N) is 1. The molecule has 8 atom stereocenters. The van der Waals surface area contributed by atoms with Crippen molar-refractivity contribution >= 4 is 10.1 Å². The molecule has 0 amide bonds. The van der Waals surface area contributed by atoms with Crippen LogP contribution < -0.4 is 5.32 Å². The maximum absolute atomic E-state index is 11.1. The summed E-state index contributed by atoms with van der Waals surface area (Å²) < 4.78 is 31.2. The van der Waals surface area contributed by atoms with Crippen LogP contribution in [0.1, 0.15) is 98.8 Å². The highest BCUT2D eigenvalue weighted by Gasteiger charge is 2.59. The van der Waals surface area contributed by atoms with Gasteiger partial charge in [0.25, 0.3) is 10.1 Å². The van der Waals surface area contributed by atoms with Gasteiger partial charge >= 0.3 is 0 Å².